The Morgan fingerprint density at radius 1 is 1.25 bits per heavy atom. The lowest BCUT2D eigenvalue weighted by atomic mass is 10.0. The molecule has 174 valence electrons. The first-order chi connectivity index (χ1) is 15.0. The van der Waals surface area contributed by atoms with Gasteiger partial charge in [0.2, 0.25) is 0 Å². The molecule has 0 bridgehead atoms. The van der Waals surface area contributed by atoms with E-state index in [1.807, 2.05) is 0 Å². The fraction of sp³-hybridized carbons (Fsp3) is 0.350. The molecular formula is C20H21F3N2O6S. The summed E-state index contributed by atoms with van der Waals surface area (Å²) in [6.07, 6.45) is -5.06. The number of sulfonamides is 1. The van der Waals surface area contributed by atoms with Crippen molar-refractivity contribution in [3.8, 4) is 11.5 Å². The molecule has 12 heteroatoms. The van der Waals surface area contributed by atoms with Crippen molar-refractivity contribution in [3.05, 3.63) is 47.5 Å². The van der Waals surface area contributed by atoms with Crippen LogP contribution in [-0.2, 0) is 27.4 Å². The average molecular weight is 474 g/mol. The molecule has 2 aromatic rings. The molecule has 1 amide bonds. The van der Waals surface area contributed by atoms with Crippen molar-refractivity contribution in [3.63, 3.8) is 0 Å². The van der Waals surface area contributed by atoms with Crippen LogP contribution in [0.4, 0.5) is 23.7 Å². The van der Waals surface area contributed by atoms with Gasteiger partial charge in [0.15, 0.2) is 0 Å². The second-order valence-electron chi connectivity index (χ2n) is 6.83. The first kappa shape index (κ1) is 23.5. The van der Waals surface area contributed by atoms with Crippen LogP contribution >= 0.6 is 0 Å². The molecule has 0 aliphatic carbocycles. The molecule has 0 saturated carbocycles. The zero-order valence-corrected chi connectivity index (χ0v) is 18.0. The van der Waals surface area contributed by atoms with Crippen LogP contribution in [0, 0.1) is 0 Å². The first-order valence-corrected chi connectivity index (χ1v) is 11.0. The number of alkyl carbamates (subject to hydrolysis) is 1. The summed E-state index contributed by atoms with van der Waals surface area (Å²) in [7, 11) is -2.91. The van der Waals surface area contributed by atoms with Crippen molar-refractivity contribution < 1.29 is 40.6 Å². The van der Waals surface area contributed by atoms with E-state index in [1.165, 1.54) is 25.3 Å². The van der Waals surface area contributed by atoms with E-state index in [-0.39, 0.29) is 36.0 Å². The van der Waals surface area contributed by atoms with Crippen molar-refractivity contribution in [2.75, 3.05) is 25.0 Å². The molecule has 0 unspecified atom stereocenters. The van der Waals surface area contributed by atoms with Gasteiger partial charge in [0.05, 0.1) is 25.3 Å². The molecule has 3 rings (SSSR count). The quantitative estimate of drug-likeness (QED) is 0.664. The van der Waals surface area contributed by atoms with Crippen LogP contribution in [0.15, 0.2) is 41.3 Å². The van der Waals surface area contributed by atoms with Gasteiger partial charge in [-0.3, -0.25) is 4.72 Å². The van der Waals surface area contributed by atoms with Crippen LogP contribution in [-0.4, -0.2) is 40.9 Å². The highest BCUT2D eigenvalue weighted by Crippen LogP contribution is 2.39. The van der Waals surface area contributed by atoms with Gasteiger partial charge in [-0.05, 0) is 37.3 Å². The number of alkyl halides is 3. The highest BCUT2D eigenvalue weighted by Gasteiger charge is 2.33. The SMILES string of the molecule is CCOC(=O)N[C@H]1COc2c(S(=O)(=O)Nc3cccc(C(F)(F)F)c3)ccc(OC)c2C1. The molecule has 1 aliphatic heterocycles. The maximum atomic E-state index is 13.0. The van der Waals surface area contributed by atoms with Crippen molar-refractivity contribution in [1.29, 1.82) is 0 Å². The lowest BCUT2D eigenvalue weighted by Gasteiger charge is -2.28. The molecule has 0 fully saturated rings. The van der Waals surface area contributed by atoms with Gasteiger partial charge in [0.25, 0.3) is 10.0 Å². The van der Waals surface area contributed by atoms with Gasteiger partial charge in [-0.25, -0.2) is 13.2 Å². The number of amides is 1. The number of hydrogen-bond acceptors (Lipinski definition) is 6. The zero-order valence-electron chi connectivity index (χ0n) is 17.2. The monoisotopic (exact) mass is 474 g/mol. The fourth-order valence-corrected chi connectivity index (χ4v) is 4.45. The Kier molecular flexibility index (Phi) is 6.72. The topological polar surface area (TPSA) is 103 Å². The van der Waals surface area contributed by atoms with Crippen LogP contribution < -0.4 is 19.5 Å². The fourth-order valence-electron chi connectivity index (χ4n) is 3.23. The maximum Gasteiger partial charge on any atom is 0.416 e. The van der Waals surface area contributed by atoms with Crippen molar-refractivity contribution in [2.45, 2.75) is 30.5 Å². The minimum atomic E-state index is -4.62. The summed E-state index contributed by atoms with van der Waals surface area (Å²) in [6, 6.07) is 6.02. The molecular weight excluding hydrogens is 453 g/mol. The first-order valence-electron chi connectivity index (χ1n) is 9.51. The Balaban J connectivity index is 1.92. The number of fused-ring (bicyclic) bond motifs is 1. The Bertz CT molecular complexity index is 1100. The molecule has 32 heavy (non-hydrogen) atoms. The van der Waals surface area contributed by atoms with E-state index in [4.69, 9.17) is 14.2 Å². The Hall–Kier alpha value is -3.15. The molecule has 2 aromatic carbocycles. The van der Waals surface area contributed by atoms with E-state index in [0.717, 1.165) is 12.1 Å². The summed E-state index contributed by atoms with van der Waals surface area (Å²) < 4.78 is 82.8. The minimum absolute atomic E-state index is 0.00531. The third-order valence-electron chi connectivity index (χ3n) is 4.61. The molecule has 2 N–H and O–H groups in total. The molecule has 1 heterocycles. The number of carbonyl (C=O) groups is 1. The lowest BCUT2D eigenvalue weighted by molar-refractivity contribution is -0.137. The van der Waals surface area contributed by atoms with E-state index in [1.54, 1.807) is 6.92 Å². The van der Waals surface area contributed by atoms with E-state index in [0.29, 0.717) is 17.4 Å². The van der Waals surface area contributed by atoms with Gasteiger partial charge >= 0.3 is 12.3 Å². The highest BCUT2D eigenvalue weighted by molar-refractivity contribution is 7.92. The second kappa shape index (κ2) is 9.15. The van der Waals surface area contributed by atoms with Crippen LogP contribution in [0.2, 0.25) is 0 Å². The van der Waals surface area contributed by atoms with Crippen molar-refractivity contribution in [2.24, 2.45) is 0 Å². The number of benzene rings is 2. The smallest absolute Gasteiger partial charge is 0.416 e. The van der Waals surface area contributed by atoms with Crippen LogP contribution in [0.5, 0.6) is 11.5 Å². The van der Waals surface area contributed by atoms with Gasteiger partial charge in [-0.15, -0.1) is 0 Å². The Morgan fingerprint density at radius 2 is 2.00 bits per heavy atom. The number of nitrogens with one attached hydrogen (secondary N) is 2. The van der Waals surface area contributed by atoms with Gasteiger partial charge in [0.1, 0.15) is 23.0 Å². The summed E-state index contributed by atoms with van der Waals surface area (Å²) >= 11 is 0. The standard InChI is InChI=1S/C20H21F3N2O6S/c1-3-30-19(26)24-14-10-15-16(29-2)7-8-17(18(15)31-11-14)32(27,28)25-13-6-4-5-12(9-13)20(21,22)23/h4-9,14,25H,3,10-11H2,1-2H3,(H,24,26)/t14-/m1/s1. The summed E-state index contributed by atoms with van der Waals surface area (Å²) in [5, 5.41) is 2.62. The summed E-state index contributed by atoms with van der Waals surface area (Å²) in [5.74, 6) is 0.346. The summed E-state index contributed by atoms with van der Waals surface area (Å²) in [4.78, 5) is 11.4. The predicted molar refractivity (Wildman–Crippen MR) is 108 cm³/mol. The molecule has 0 spiro atoms. The number of ether oxygens (including phenoxy) is 3. The maximum absolute atomic E-state index is 13.0. The third-order valence-corrected chi connectivity index (χ3v) is 6.01. The number of rotatable bonds is 6. The largest absolute Gasteiger partial charge is 0.496 e. The molecule has 0 saturated heterocycles. The second-order valence-corrected chi connectivity index (χ2v) is 8.49. The van der Waals surface area contributed by atoms with E-state index >= 15 is 0 Å². The van der Waals surface area contributed by atoms with Crippen molar-refractivity contribution in [1.82, 2.24) is 5.32 Å². The van der Waals surface area contributed by atoms with Crippen LogP contribution in [0.3, 0.4) is 0 Å². The number of methoxy groups -OCH3 is 1. The lowest BCUT2D eigenvalue weighted by Crippen LogP contribution is -2.43. The number of carbonyl (C=O) groups excluding carboxylic acids is 1. The predicted octanol–water partition coefficient (Wildman–Crippen LogP) is 3.56. The molecule has 8 nitrogen and oxygen atoms in total. The van der Waals surface area contributed by atoms with Gasteiger partial charge in [0, 0.05) is 17.7 Å². The molecule has 1 aliphatic rings. The zero-order chi connectivity index (χ0) is 23.5. The summed E-state index contributed by atoms with van der Waals surface area (Å²) in [5.41, 5.74) is -0.840. The highest BCUT2D eigenvalue weighted by atomic mass is 32.2. The molecule has 1 atom stereocenters. The van der Waals surface area contributed by atoms with Gasteiger partial charge < -0.3 is 19.5 Å². The van der Waals surface area contributed by atoms with E-state index in [9.17, 15) is 26.4 Å². The average Bonchev–Trinajstić information content (AvgIpc) is 2.72. The Morgan fingerprint density at radius 3 is 2.66 bits per heavy atom. The summed E-state index contributed by atoms with van der Waals surface area (Å²) in [6.45, 7) is 1.80. The van der Waals surface area contributed by atoms with E-state index < -0.39 is 33.9 Å². The molecule has 0 aromatic heterocycles. The van der Waals surface area contributed by atoms with Crippen LogP contribution in [0.25, 0.3) is 0 Å². The van der Waals surface area contributed by atoms with E-state index in [2.05, 4.69) is 10.0 Å². The van der Waals surface area contributed by atoms with Gasteiger partial charge in [-0.1, -0.05) is 6.07 Å². The molecule has 0 radical (unpaired) electrons. The Labute approximate surface area is 182 Å². The van der Waals surface area contributed by atoms with Crippen LogP contribution in [0.1, 0.15) is 18.1 Å². The third kappa shape index (κ3) is 5.18. The van der Waals surface area contributed by atoms with Crippen molar-refractivity contribution >= 4 is 21.8 Å². The number of anilines is 1. The minimum Gasteiger partial charge on any atom is -0.496 e. The van der Waals surface area contributed by atoms with Gasteiger partial charge in [-0.2, -0.15) is 13.2 Å². The normalized spacial score (nSPS) is 15.8. The number of hydrogen-bond donors (Lipinski definition) is 2. The number of halogens is 3.